The van der Waals surface area contributed by atoms with Gasteiger partial charge in [-0.25, -0.2) is 10.2 Å². The molecule has 108 heavy (non-hydrogen) atoms. The molecule has 19 unspecified atom stereocenters. The second-order valence-electron chi connectivity index (χ2n) is 27.2. The maximum atomic E-state index is 14.5. The summed E-state index contributed by atoms with van der Waals surface area (Å²) in [6.07, 6.45) is -15.8. The predicted molar refractivity (Wildman–Crippen MR) is 405 cm³/mol. The molecule has 4 fully saturated rings. The molecule has 0 saturated carbocycles. The Kier molecular flexibility index (Phi) is 31.5. The van der Waals surface area contributed by atoms with Crippen LogP contribution in [0.25, 0.3) is 0 Å². The van der Waals surface area contributed by atoms with E-state index in [1.165, 1.54) is 62.0 Å². The third kappa shape index (κ3) is 21.1. The lowest BCUT2D eigenvalue weighted by Gasteiger charge is -2.50. The van der Waals surface area contributed by atoms with Gasteiger partial charge in [-0.3, -0.25) is 34.1 Å². The molecule has 4 saturated heterocycles. The molecule has 31 nitrogen and oxygen atoms in total. The highest BCUT2D eigenvalue weighted by molar-refractivity contribution is 14.1. The first kappa shape index (κ1) is 87.4. The second-order valence-corrected chi connectivity index (χ2v) is 32.5. The van der Waals surface area contributed by atoms with Gasteiger partial charge in [-0.1, -0.05) is 63.1 Å². The number of phenols is 1. The topological polar surface area (TPSA) is 422 Å². The van der Waals surface area contributed by atoms with Crippen molar-refractivity contribution in [2.24, 2.45) is 10.8 Å². The quantitative estimate of drug-likeness (QED) is 0.0127. The first-order valence-electron chi connectivity index (χ1n) is 34.9. The van der Waals surface area contributed by atoms with Crippen molar-refractivity contribution < 1.29 is 121 Å². The number of nitrogens with zero attached hydrogens (tertiary/aromatic N) is 2. The summed E-state index contributed by atoms with van der Waals surface area (Å²) in [4.78, 5) is 87.6. The molecule has 0 spiro atoms. The number of hydroxylamine groups is 1. The summed E-state index contributed by atoms with van der Waals surface area (Å²) in [6, 6.07) is 5.86. The normalized spacial score (nSPS) is 31.1. The molecule has 4 aliphatic heterocycles. The van der Waals surface area contributed by atoms with E-state index in [4.69, 9.17) is 67.4 Å². The Bertz CT molecular complexity index is 3830. The zero-order valence-corrected chi connectivity index (χ0v) is 67.0. The number of nitrogens with two attached hydrogens (primary N) is 1. The number of carbonyl (C=O) groups excluding carboxylic acids is 6. The van der Waals surface area contributed by atoms with E-state index in [1.54, 1.807) is 69.9 Å². The van der Waals surface area contributed by atoms with Crippen molar-refractivity contribution in [2.45, 2.75) is 227 Å². The average Bonchev–Trinajstić information content (AvgIpc) is 0.761. The van der Waals surface area contributed by atoms with Crippen molar-refractivity contribution in [3.8, 4) is 46.7 Å². The van der Waals surface area contributed by atoms with Gasteiger partial charge in [0.2, 0.25) is 34.9 Å². The number of alkyl carbamates (subject to hydrolysis) is 1. The number of allylic oxidation sites excluding steroid dienone is 3. The van der Waals surface area contributed by atoms with Crippen LogP contribution in [0.15, 0.2) is 64.4 Å². The number of ketones is 1. The summed E-state index contributed by atoms with van der Waals surface area (Å²) < 4.78 is 71.9. The molecule has 2 aliphatic carbocycles. The summed E-state index contributed by atoms with van der Waals surface area (Å²) in [5, 5.41) is 75.8. The van der Waals surface area contributed by atoms with Crippen molar-refractivity contribution in [3.05, 3.63) is 79.6 Å². The van der Waals surface area contributed by atoms with Gasteiger partial charge in [0, 0.05) is 75.0 Å². The Hall–Kier alpha value is -6.15. The summed E-state index contributed by atoms with van der Waals surface area (Å²) in [5.41, 5.74) is 8.54. The molecule has 2 aromatic carbocycles. The number of hydrazone groups is 1. The summed E-state index contributed by atoms with van der Waals surface area (Å²) in [6.45, 7) is 17.4. The Morgan fingerprint density at radius 3 is 2.25 bits per heavy atom. The van der Waals surface area contributed by atoms with Crippen LogP contribution in [0.4, 0.5) is 4.79 Å². The van der Waals surface area contributed by atoms with Crippen LogP contribution in [-0.4, -0.2) is 249 Å². The number of nitrogens with one attached hydrogen (secondary N) is 3. The standard InChI is InChI=1S/C73H97IN6O25S3/c1-15-80(41(7)81)72(10)35-98-51(32-48(72)93-11)103-65-59(87)56(79-105-52-31-45(82)66(40(6)99-52)107-67(90)53-36(2)55(74)63(60(88)62(53)94-12)104-68-61(89)64(95-13)58(86)39(5)101-68)38(4)100-69(65)102-47-21-18-16-17-19-28-73(92)33-46(83)57(76-70(91)96-14)54(47)44(73)27-30-106-108-71(8,9)34-50(85)78-77-37(3)42-23-25-43(26-24-42)97-29-20-22-49(75)84/h16-17,23-27,38-40,45,47-48,51-52,56,58-59,61,64-66,68-69,79,82,86-89,92H,15,20,22,29-35H2,1-14H3,(H2,75,84)(H,76,91)(H,78,85). The van der Waals surface area contributed by atoms with Crippen LogP contribution >= 0.6 is 55.9 Å². The van der Waals surface area contributed by atoms with Crippen molar-refractivity contribution in [1.29, 1.82) is 0 Å². The van der Waals surface area contributed by atoms with Gasteiger partial charge in [0.25, 0.3) is 0 Å². The van der Waals surface area contributed by atoms with Crippen LogP contribution in [0.1, 0.15) is 122 Å². The molecule has 4 amide bonds. The number of thioether (sulfide) groups is 1. The van der Waals surface area contributed by atoms with Gasteiger partial charge in [0.1, 0.15) is 42.4 Å². The minimum atomic E-state index is -2.24. The molecule has 19 atom stereocenters. The highest BCUT2D eigenvalue weighted by Gasteiger charge is 2.54. The van der Waals surface area contributed by atoms with Gasteiger partial charge in [0.15, 0.2) is 41.8 Å². The fraction of sp³-hybridized carbons (Fsp3) is 0.603. The molecule has 4 heterocycles. The number of methoxy groups -OCH3 is 4. The third-order valence-electron chi connectivity index (χ3n) is 18.9. The molecule has 11 N–H and O–H groups in total. The monoisotopic (exact) mass is 1680 g/mol. The van der Waals surface area contributed by atoms with E-state index >= 15 is 0 Å². The van der Waals surface area contributed by atoms with Crippen LogP contribution in [0.3, 0.4) is 0 Å². The summed E-state index contributed by atoms with van der Waals surface area (Å²) in [7, 11) is 7.79. The van der Waals surface area contributed by atoms with Gasteiger partial charge in [0.05, 0.1) is 102 Å². The molecular weight excluding hydrogens is 1580 g/mol. The number of phenolic OH excluding ortho intramolecular Hbond substituents is 1. The van der Waals surface area contributed by atoms with E-state index in [9.17, 15) is 59.4 Å². The van der Waals surface area contributed by atoms with Gasteiger partial charge < -0.3 is 98.1 Å². The third-order valence-corrected chi connectivity index (χ3v) is 24.8. The largest absolute Gasteiger partial charge is 0.502 e. The van der Waals surface area contributed by atoms with Crippen molar-refractivity contribution in [3.63, 3.8) is 0 Å². The van der Waals surface area contributed by atoms with Crippen molar-refractivity contribution in [1.82, 2.24) is 21.1 Å². The van der Waals surface area contributed by atoms with E-state index < -0.39 is 155 Å². The number of fused-ring (bicyclic) bond motifs is 2. The van der Waals surface area contributed by atoms with Crippen LogP contribution in [0.5, 0.6) is 23.0 Å². The smallest absolute Gasteiger partial charge is 0.411 e. The average molecular weight is 1680 g/mol. The van der Waals surface area contributed by atoms with Crippen LogP contribution < -0.4 is 36.2 Å². The lowest BCUT2D eigenvalue weighted by atomic mass is 9.75. The molecule has 2 bridgehead atoms. The summed E-state index contributed by atoms with van der Waals surface area (Å²) >= 11 is 2.61. The van der Waals surface area contributed by atoms with Gasteiger partial charge >= 0.3 is 6.09 Å². The number of aliphatic hydroxyl groups excluding tert-OH is 4. The number of likely N-dealkylation sites (N-methyl/N-ethyl adjacent to an activating group) is 1. The lowest BCUT2D eigenvalue weighted by Crippen LogP contribution is -2.66. The van der Waals surface area contributed by atoms with Gasteiger partial charge in [-0.2, -0.15) is 10.6 Å². The SMILES string of the molecule is CCN(C(C)=O)C1(C)COC(OC2C(OC3C#CC=CC#CC4(O)CC(=O)C(NC(=O)OC)=C3C4=CCSSC(C)(C)CC(=O)NN=C(C)c3ccc(OCCCC(N)=O)cc3)OC(C)C(NOC3CC(O)C(SC(=O)c4c(C)c(I)c(OC5OC(C)C(O)C(OC)C5O)c(O)c4OC)C(C)O3)C2O)CC1OC. The van der Waals surface area contributed by atoms with Crippen LogP contribution in [-0.2, 0) is 66.6 Å². The maximum Gasteiger partial charge on any atom is 0.411 e. The Labute approximate surface area is 652 Å². The maximum absolute atomic E-state index is 14.5. The zero-order valence-electron chi connectivity index (χ0n) is 62.4. The lowest BCUT2D eigenvalue weighted by molar-refractivity contribution is -0.340. The number of ether oxygens (including phenoxy) is 12. The minimum absolute atomic E-state index is 0.00110. The van der Waals surface area contributed by atoms with Crippen LogP contribution in [0, 0.1) is 34.2 Å². The van der Waals surface area contributed by atoms with E-state index in [0.717, 1.165) is 24.4 Å². The van der Waals surface area contributed by atoms with Gasteiger partial charge in [-0.05, 0) is 139 Å². The van der Waals surface area contributed by atoms with Crippen molar-refractivity contribution >= 4 is 96.4 Å². The fourth-order valence-electron chi connectivity index (χ4n) is 13.3. The number of amides is 4. The molecule has 8 rings (SSSR count). The Morgan fingerprint density at radius 2 is 1.60 bits per heavy atom. The minimum Gasteiger partial charge on any atom is -0.502 e. The number of carbonyl (C=O) groups is 6. The number of primary amides is 1. The number of rotatable bonds is 30. The highest BCUT2D eigenvalue weighted by Crippen LogP contribution is 2.49. The number of hydrogen-bond acceptors (Lipinski definition) is 30. The molecule has 2 aromatic rings. The van der Waals surface area contributed by atoms with Crippen molar-refractivity contribution in [2.75, 3.05) is 54.0 Å². The molecular formula is C73H97IN6O25S3. The first-order chi connectivity index (χ1) is 51.1. The molecule has 0 aromatic heterocycles. The van der Waals surface area contributed by atoms with E-state index in [-0.39, 0.29) is 87.3 Å². The number of aromatic hydroxyl groups is 1. The molecule has 6 aliphatic rings. The van der Waals surface area contributed by atoms with Crippen LogP contribution in [0.2, 0.25) is 0 Å². The molecule has 0 radical (unpaired) electrons. The number of halogens is 1. The van der Waals surface area contributed by atoms with E-state index in [2.05, 4.69) is 45.0 Å². The van der Waals surface area contributed by atoms with E-state index in [0.29, 0.717) is 36.6 Å². The zero-order chi connectivity index (χ0) is 79.3. The number of aliphatic hydroxyl groups is 5. The summed E-state index contributed by atoms with van der Waals surface area (Å²) in [5.74, 6) is 9.35. The predicted octanol–water partition coefficient (Wildman–Crippen LogP) is 4.62. The molecule has 35 heteroatoms. The molecule has 594 valence electrons. The Morgan fingerprint density at radius 1 is 0.898 bits per heavy atom. The number of benzene rings is 2. The number of Topliss-reactive ketones (excluding diaryl/α,β-unsaturated/α-hetero) is 1. The highest BCUT2D eigenvalue weighted by atomic mass is 127. The number of hydrogen-bond donors (Lipinski definition) is 10. The van der Waals surface area contributed by atoms with Gasteiger partial charge in [-0.15, -0.1) is 0 Å². The Balaban J connectivity index is 1.02. The fourth-order valence-corrected chi connectivity index (χ4v) is 17.4. The van der Waals surface area contributed by atoms with E-state index in [1.807, 2.05) is 50.3 Å². The first-order valence-corrected chi connectivity index (χ1v) is 39.1. The second kappa shape index (κ2) is 38.9.